The highest BCUT2D eigenvalue weighted by molar-refractivity contribution is 6.29. The van der Waals surface area contributed by atoms with E-state index in [0.29, 0.717) is 45.7 Å². The molecule has 6 rings (SSSR count). The maximum atomic E-state index is 15.8. The molecule has 0 radical (unpaired) electrons. The minimum atomic E-state index is -0.424. The van der Waals surface area contributed by atoms with Crippen molar-refractivity contribution in [2.24, 2.45) is 17.8 Å². The highest BCUT2D eigenvalue weighted by Gasteiger charge is 2.42. The van der Waals surface area contributed by atoms with Gasteiger partial charge in [0.15, 0.2) is 17.3 Å². The Morgan fingerprint density at radius 1 is 1.22 bits per heavy atom. The lowest BCUT2D eigenvalue weighted by molar-refractivity contribution is 0.0926. The summed E-state index contributed by atoms with van der Waals surface area (Å²) in [6.45, 7) is 13.9. The van der Waals surface area contributed by atoms with Gasteiger partial charge >= 0.3 is 0 Å². The van der Waals surface area contributed by atoms with Gasteiger partial charge in [-0.25, -0.2) is 24.2 Å². The SMILES string of the molecule is [C-]#[N+]c1c(-c2c[nH]c3ncc(Cl)nc23)nc(N[C@@H]2C3CCC(CC3)[C@H]2C)c(F)c1C(C)C. The predicted molar refractivity (Wildman–Crippen MR) is 124 cm³/mol. The Bertz CT molecular complexity index is 1220. The van der Waals surface area contributed by atoms with Gasteiger partial charge in [-0.15, -0.1) is 0 Å². The van der Waals surface area contributed by atoms with Gasteiger partial charge in [-0.05, 0) is 49.4 Å². The third-order valence-corrected chi connectivity index (χ3v) is 7.56. The van der Waals surface area contributed by atoms with Crippen LogP contribution in [0, 0.1) is 30.1 Å². The van der Waals surface area contributed by atoms with E-state index in [1.807, 2.05) is 13.8 Å². The highest BCUT2D eigenvalue weighted by atomic mass is 35.5. The third kappa shape index (κ3) is 3.32. The first-order valence-corrected chi connectivity index (χ1v) is 11.6. The van der Waals surface area contributed by atoms with Crippen LogP contribution in [0.4, 0.5) is 15.9 Å². The summed E-state index contributed by atoms with van der Waals surface area (Å²) in [5, 5.41) is 3.73. The summed E-state index contributed by atoms with van der Waals surface area (Å²) in [4.78, 5) is 20.1. The Morgan fingerprint density at radius 2 is 1.94 bits per heavy atom. The predicted octanol–water partition coefficient (Wildman–Crippen LogP) is 6.72. The number of hydrogen-bond acceptors (Lipinski definition) is 4. The second-order valence-electron chi connectivity index (χ2n) is 9.45. The molecule has 3 aromatic rings. The molecule has 8 heteroatoms. The van der Waals surface area contributed by atoms with E-state index in [-0.39, 0.29) is 28.6 Å². The van der Waals surface area contributed by atoms with Gasteiger partial charge in [0.2, 0.25) is 5.69 Å². The molecule has 166 valence electrons. The molecule has 0 amide bonds. The molecule has 3 aliphatic rings. The van der Waals surface area contributed by atoms with Gasteiger partial charge in [-0.1, -0.05) is 32.4 Å². The number of aromatic nitrogens is 4. The van der Waals surface area contributed by atoms with Gasteiger partial charge in [0, 0.05) is 23.4 Å². The average molecular weight is 453 g/mol. The number of hydrogen-bond donors (Lipinski definition) is 2. The van der Waals surface area contributed by atoms with E-state index in [2.05, 4.69) is 37.0 Å². The van der Waals surface area contributed by atoms with Crippen molar-refractivity contribution in [2.45, 2.75) is 58.4 Å². The summed E-state index contributed by atoms with van der Waals surface area (Å²) in [5.74, 6) is 1.30. The van der Waals surface area contributed by atoms with E-state index in [1.165, 1.54) is 31.9 Å². The lowest BCUT2D eigenvalue weighted by Crippen LogP contribution is -2.47. The number of pyridine rings is 1. The second kappa shape index (κ2) is 8.00. The van der Waals surface area contributed by atoms with E-state index in [0.717, 1.165) is 0 Å². The number of aromatic amines is 1. The largest absolute Gasteiger partial charge is 0.364 e. The summed E-state index contributed by atoms with van der Waals surface area (Å²) in [5.41, 5.74) is 2.67. The van der Waals surface area contributed by atoms with E-state index < -0.39 is 5.82 Å². The molecule has 32 heavy (non-hydrogen) atoms. The number of nitrogens with one attached hydrogen (secondary N) is 2. The topological polar surface area (TPSA) is 70.8 Å². The molecule has 3 heterocycles. The molecule has 2 atom stereocenters. The van der Waals surface area contributed by atoms with Gasteiger partial charge in [-0.3, -0.25) is 0 Å². The normalized spacial score (nSPS) is 24.8. The van der Waals surface area contributed by atoms with E-state index in [4.69, 9.17) is 18.2 Å². The minimum absolute atomic E-state index is 0.179. The molecule has 0 aliphatic heterocycles. The highest BCUT2D eigenvalue weighted by Crippen LogP contribution is 2.47. The average Bonchev–Trinajstić information content (AvgIpc) is 3.19. The lowest BCUT2D eigenvalue weighted by Gasteiger charge is -2.47. The van der Waals surface area contributed by atoms with Crippen molar-refractivity contribution < 1.29 is 4.39 Å². The Kier molecular flexibility index (Phi) is 5.29. The van der Waals surface area contributed by atoms with Crippen LogP contribution in [0.15, 0.2) is 12.4 Å². The fourth-order valence-corrected chi connectivity index (χ4v) is 5.84. The van der Waals surface area contributed by atoms with Gasteiger partial charge in [0.05, 0.1) is 18.5 Å². The van der Waals surface area contributed by atoms with Crippen molar-refractivity contribution in [3.8, 4) is 11.3 Å². The molecule has 0 aromatic carbocycles. The fourth-order valence-electron chi connectivity index (χ4n) is 5.71. The molecular formula is C24H26ClFN6. The molecule has 3 aliphatic carbocycles. The van der Waals surface area contributed by atoms with Crippen LogP contribution in [0.25, 0.3) is 27.3 Å². The van der Waals surface area contributed by atoms with Crippen LogP contribution in [-0.2, 0) is 0 Å². The van der Waals surface area contributed by atoms with Crippen LogP contribution in [0.1, 0.15) is 57.9 Å². The fraction of sp³-hybridized carbons (Fsp3) is 0.500. The van der Waals surface area contributed by atoms with Crippen LogP contribution < -0.4 is 5.32 Å². The second-order valence-corrected chi connectivity index (χ2v) is 9.84. The number of halogens is 2. The first kappa shape index (κ1) is 21.1. The molecule has 2 N–H and O–H groups in total. The standard InChI is InChI=1S/C24H26ClFN6/c1-11(2)17-18(26)23(31-19-12(3)13-5-7-14(19)8-6-13)32-20(22(17)27-4)15-9-28-24-21(15)30-16(25)10-29-24/h9-14,19H,5-8H2,1-3H3,(H,28,29)(H,31,32)/t12-,13?,14?,19+/m1/s1. The molecule has 3 saturated carbocycles. The van der Waals surface area contributed by atoms with Crippen molar-refractivity contribution in [2.75, 3.05) is 5.32 Å². The zero-order chi connectivity index (χ0) is 22.6. The molecule has 6 nitrogen and oxygen atoms in total. The van der Waals surface area contributed by atoms with Crippen molar-refractivity contribution in [1.29, 1.82) is 0 Å². The minimum Gasteiger partial charge on any atom is -0.364 e. The lowest BCUT2D eigenvalue weighted by atomic mass is 9.62. The Labute approximate surface area is 191 Å². The zero-order valence-electron chi connectivity index (χ0n) is 18.4. The molecule has 0 unspecified atom stereocenters. The Balaban J connectivity index is 1.68. The smallest absolute Gasteiger partial charge is 0.219 e. The van der Waals surface area contributed by atoms with Gasteiger partial charge < -0.3 is 10.3 Å². The number of H-pyrrole nitrogens is 1. The quantitative estimate of drug-likeness (QED) is 0.431. The number of anilines is 1. The summed E-state index contributed by atoms with van der Waals surface area (Å²) in [7, 11) is 0. The first-order chi connectivity index (χ1) is 15.4. The molecule has 2 bridgehead atoms. The first-order valence-electron chi connectivity index (χ1n) is 11.3. The van der Waals surface area contributed by atoms with Crippen molar-refractivity contribution >= 4 is 34.3 Å². The molecule has 0 saturated heterocycles. The maximum Gasteiger partial charge on any atom is 0.219 e. The molecular weight excluding hydrogens is 427 g/mol. The summed E-state index contributed by atoms with van der Waals surface area (Å²) in [6, 6.07) is 0.188. The molecule has 0 spiro atoms. The van der Waals surface area contributed by atoms with Crippen molar-refractivity contribution in [3.05, 3.63) is 40.3 Å². The van der Waals surface area contributed by atoms with Crippen molar-refractivity contribution in [3.63, 3.8) is 0 Å². The van der Waals surface area contributed by atoms with Gasteiger partial charge in [0.25, 0.3) is 0 Å². The molecule has 3 aromatic heterocycles. The van der Waals surface area contributed by atoms with E-state index in [9.17, 15) is 0 Å². The Morgan fingerprint density at radius 3 is 2.59 bits per heavy atom. The number of fused-ring (bicyclic) bond motifs is 4. The van der Waals surface area contributed by atoms with Crippen LogP contribution in [0.3, 0.4) is 0 Å². The van der Waals surface area contributed by atoms with E-state index >= 15 is 4.39 Å². The van der Waals surface area contributed by atoms with Crippen LogP contribution in [0.5, 0.6) is 0 Å². The monoisotopic (exact) mass is 452 g/mol. The third-order valence-electron chi connectivity index (χ3n) is 7.38. The van der Waals surface area contributed by atoms with Crippen molar-refractivity contribution in [1.82, 2.24) is 19.9 Å². The van der Waals surface area contributed by atoms with E-state index in [1.54, 1.807) is 6.20 Å². The van der Waals surface area contributed by atoms with Crippen LogP contribution in [0.2, 0.25) is 5.15 Å². The number of rotatable bonds is 4. The van der Waals surface area contributed by atoms with Gasteiger partial charge in [-0.2, -0.15) is 0 Å². The zero-order valence-corrected chi connectivity index (χ0v) is 19.2. The summed E-state index contributed by atoms with van der Waals surface area (Å²) < 4.78 is 15.8. The van der Waals surface area contributed by atoms with Gasteiger partial charge in [0.1, 0.15) is 10.7 Å². The summed E-state index contributed by atoms with van der Waals surface area (Å²) in [6.07, 6.45) is 8.05. The maximum absolute atomic E-state index is 15.8. The Hall–Kier alpha value is -2.72. The summed E-state index contributed by atoms with van der Waals surface area (Å²) >= 11 is 6.09. The number of nitrogens with zero attached hydrogens (tertiary/aromatic N) is 4. The van der Waals surface area contributed by atoms with Crippen LogP contribution in [-0.4, -0.2) is 26.0 Å². The molecule has 3 fully saturated rings. The van der Waals surface area contributed by atoms with Crippen LogP contribution >= 0.6 is 11.6 Å².